The number of epoxide rings is 1. The SMILES string of the molecule is CCC(CC1OC1C)c1cccc(S(=O)(=O)CC)c1. The number of hydrogen-bond donors (Lipinski definition) is 0. The van der Waals surface area contributed by atoms with Gasteiger partial charge in [0.2, 0.25) is 0 Å². The molecule has 2 rings (SSSR count). The van der Waals surface area contributed by atoms with Crippen molar-refractivity contribution in [2.45, 2.75) is 56.6 Å². The fraction of sp³-hybridized carbons (Fsp3) is 0.600. The molecule has 0 amide bonds. The average molecular weight is 282 g/mol. The normalized spacial score (nSPS) is 24.2. The third-order valence-corrected chi connectivity index (χ3v) is 5.65. The summed E-state index contributed by atoms with van der Waals surface area (Å²) in [5, 5.41) is 0. The van der Waals surface area contributed by atoms with Gasteiger partial charge in [0.15, 0.2) is 9.84 Å². The second kappa shape index (κ2) is 5.63. The smallest absolute Gasteiger partial charge is 0.178 e. The van der Waals surface area contributed by atoms with Crippen LogP contribution in [0.4, 0.5) is 0 Å². The molecule has 3 nitrogen and oxygen atoms in total. The Morgan fingerprint density at radius 1 is 1.32 bits per heavy atom. The highest BCUT2D eigenvalue weighted by Crippen LogP contribution is 2.34. The van der Waals surface area contributed by atoms with Gasteiger partial charge in [-0.2, -0.15) is 0 Å². The summed E-state index contributed by atoms with van der Waals surface area (Å²) in [7, 11) is -3.12. The lowest BCUT2D eigenvalue weighted by Gasteiger charge is -2.15. The highest BCUT2D eigenvalue weighted by atomic mass is 32.2. The molecule has 3 atom stereocenters. The first-order valence-electron chi connectivity index (χ1n) is 6.96. The van der Waals surface area contributed by atoms with E-state index in [1.807, 2.05) is 18.2 Å². The van der Waals surface area contributed by atoms with E-state index in [1.165, 1.54) is 0 Å². The first-order chi connectivity index (χ1) is 8.97. The number of sulfone groups is 1. The Kier molecular flexibility index (Phi) is 4.31. The van der Waals surface area contributed by atoms with Crippen LogP contribution in [0.3, 0.4) is 0 Å². The van der Waals surface area contributed by atoms with E-state index in [4.69, 9.17) is 4.74 Å². The van der Waals surface area contributed by atoms with Crippen molar-refractivity contribution >= 4 is 9.84 Å². The molecule has 1 aromatic rings. The summed E-state index contributed by atoms with van der Waals surface area (Å²) in [6.45, 7) is 5.90. The summed E-state index contributed by atoms with van der Waals surface area (Å²) in [5.74, 6) is 0.526. The van der Waals surface area contributed by atoms with Crippen molar-refractivity contribution < 1.29 is 13.2 Å². The van der Waals surface area contributed by atoms with Gasteiger partial charge in [0.1, 0.15) is 0 Å². The number of rotatable bonds is 6. The van der Waals surface area contributed by atoms with Gasteiger partial charge in [-0.1, -0.05) is 26.0 Å². The van der Waals surface area contributed by atoms with Gasteiger partial charge in [-0.05, 0) is 43.4 Å². The average Bonchev–Trinajstić information content (AvgIpc) is 3.11. The van der Waals surface area contributed by atoms with Crippen molar-refractivity contribution in [3.63, 3.8) is 0 Å². The molecule has 0 radical (unpaired) electrons. The van der Waals surface area contributed by atoms with Gasteiger partial charge in [-0.3, -0.25) is 0 Å². The zero-order chi connectivity index (χ0) is 14.0. The van der Waals surface area contributed by atoms with E-state index in [0.717, 1.165) is 18.4 Å². The molecule has 0 aromatic heterocycles. The quantitative estimate of drug-likeness (QED) is 0.753. The van der Waals surface area contributed by atoms with Gasteiger partial charge in [-0.15, -0.1) is 0 Å². The number of benzene rings is 1. The van der Waals surface area contributed by atoms with E-state index in [-0.39, 0.29) is 5.75 Å². The summed E-state index contributed by atoms with van der Waals surface area (Å²) in [4.78, 5) is 0.440. The molecule has 0 spiro atoms. The van der Waals surface area contributed by atoms with Gasteiger partial charge < -0.3 is 4.74 Å². The Morgan fingerprint density at radius 3 is 2.53 bits per heavy atom. The van der Waals surface area contributed by atoms with Gasteiger partial charge >= 0.3 is 0 Å². The highest BCUT2D eigenvalue weighted by Gasteiger charge is 2.36. The molecule has 19 heavy (non-hydrogen) atoms. The molecule has 0 aliphatic carbocycles. The molecule has 0 N–H and O–H groups in total. The summed E-state index contributed by atoms with van der Waals surface area (Å²) >= 11 is 0. The van der Waals surface area contributed by atoms with Crippen LogP contribution in [0.25, 0.3) is 0 Å². The fourth-order valence-electron chi connectivity index (χ4n) is 2.43. The monoisotopic (exact) mass is 282 g/mol. The lowest BCUT2D eigenvalue weighted by atomic mass is 9.91. The predicted octanol–water partition coefficient (Wildman–Crippen LogP) is 3.15. The van der Waals surface area contributed by atoms with Gasteiger partial charge in [0.05, 0.1) is 22.9 Å². The predicted molar refractivity (Wildman–Crippen MR) is 76.2 cm³/mol. The molecule has 1 aliphatic rings. The van der Waals surface area contributed by atoms with Crippen LogP contribution in [0.1, 0.15) is 45.1 Å². The summed E-state index contributed by atoms with van der Waals surface area (Å²) < 4.78 is 29.3. The minimum Gasteiger partial charge on any atom is -0.370 e. The van der Waals surface area contributed by atoms with Crippen LogP contribution in [0.15, 0.2) is 29.2 Å². The second-order valence-electron chi connectivity index (χ2n) is 5.20. The molecule has 1 aliphatic heterocycles. The van der Waals surface area contributed by atoms with E-state index in [1.54, 1.807) is 13.0 Å². The molecule has 0 bridgehead atoms. The van der Waals surface area contributed by atoms with Gasteiger partial charge in [0.25, 0.3) is 0 Å². The van der Waals surface area contributed by atoms with Crippen LogP contribution in [-0.2, 0) is 14.6 Å². The molecule has 1 aromatic carbocycles. The van der Waals surface area contributed by atoms with E-state index < -0.39 is 9.84 Å². The van der Waals surface area contributed by atoms with E-state index in [9.17, 15) is 8.42 Å². The van der Waals surface area contributed by atoms with Crippen molar-refractivity contribution in [1.29, 1.82) is 0 Å². The standard InChI is InChI=1S/C15H22O3S/c1-4-12(10-15-11(3)18-15)13-7-6-8-14(9-13)19(16,17)5-2/h6-9,11-12,15H,4-5,10H2,1-3H3. The molecule has 1 heterocycles. The molecule has 0 saturated carbocycles. The zero-order valence-electron chi connectivity index (χ0n) is 11.8. The van der Waals surface area contributed by atoms with Crippen LogP contribution < -0.4 is 0 Å². The van der Waals surface area contributed by atoms with Crippen molar-refractivity contribution in [1.82, 2.24) is 0 Å². The molecule has 1 saturated heterocycles. The summed E-state index contributed by atoms with van der Waals surface area (Å²) in [6.07, 6.45) is 2.68. The molecule has 4 heteroatoms. The fourth-order valence-corrected chi connectivity index (χ4v) is 3.36. The molecular weight excluding hydrogens is 260 g/mol. The lowest BCUT2D eigenvalue weighted by Crippen LogP contribution is -2.07. The summed E-state index contributed by atoms with van der Waals surface area (Å²) in [5.41, 5.74) is 1.11. The Balaban J connectivity index is 2.21. The van der Waals surface area contributed by atoms with E-state index in [2.05, 4.69) is 13.8 Å². The van der Waals surface area contributed by atoms with Gasteiger partial charge in [-0.25, -0.2) is 8.42 Å². The number of ether oxygens (including phenoxy) is 1. The molecule has 3 unspecified atom stereocenters. The Morgan fingerprint density at radius 2 is 2.00 bits per heavy atom. The Hall–Kier alpha value is -0.870. The van der Waals surface area contributed by atoms with Crippen LogP contribution in [0.2, 0.25) is 0 Å². The largest absolute Gasteiger partial charge is 0.370 e. The maximum absolute atomic E-state index is 11.9. The van der Waals surface area contributed by atoms with Crippen LogP contribution in [0, 0.1) is 0 Å². The summed E-state index contributed by atoms with van der Waals surface area (Å²) in [6, 6.07) is 7.39. The van der Waals surface area contributed by atoms with Crippen molar-refractivity contribution in [3.8, 4) is 0 Å². The van der Waals surface area contributed by atoms with Crippen molar-refractivity contribution in [2.24, 2.45) is 0 Å². The minimum atomic E-state index is -3.12. The topological polar surface area (TPSA) is 46.7 Å². The van der Waals surface area contributed by atoms with Gasteiger partial charge in [0, 0.05) is 0 Å². The maximum atomic E-state index is 11.9. The van der Waals surface area contributed by atoms with Crippen molar-refractivity contribution in [3.05, 3.63) is 29.8 Å². The van der Waals surface area contributed by atoms with E-state index >= 15 is 0 Å². The first-order valence-corrected chi connectivity index (χ1v) is 8.61. The van der Waals surface area contributed by atoms with E-state index in [0.29, 0.717) is 23.0 Å². The third-order valence-electron chi connectivity index (χ3n) is 3.91. The lowest BCUT2D eigenvalue weighted by molar-refractivity contribution is 0.357. The minimum absolute atomic E-state index is 0.149. The Bertz CT molecular complexity index is 536. The molecule has 1 fully saturated rings. The van der Waals surface area contributed by atoms with Crippen molar-refractivity contribution in [2.75, 3.05) is 5.75 Å². The number of hydrogen-bond acceptors (Lipinski definition) is 3. The highest BCUT2D eigenvalue weighted by molar-refractivity contribution is 7.91. The van der Waals surface area contributed by atoms with Crippen LogP contribution >= 0.6 is 0 Å². The Labute approximate surface area is 115 Å². The maximum Gasteiger partial charge on any atom is 0.178 e. The first kappa shape index (κ1) is 14.5. The second-order valence-corrected chi connectivity index (χ2v) is 7.47. The molecular formula is C15H22O3S. The van der Waals surface area contributed by atoms with Crippen LogP contribution in [-0.4, -0.2) is 26.4 Å². The molecule has 106 valence electrons. The third kappa shape index (κ3) is 3.37. The zero-order valence-corrected chi connectivity index (χ0v) is 12.6. The van der Waals surface area contributed by atoms with Crippen LogP contribution in [0.5, 0.6) is 0 Å².